The molecule has 37 heavy (non-hydrogen) atoms. The maximum absolute atomic E-state index is 12.9. The number of methoxy groups -OCH3 is 1. The van der Waals surface area contributed by atoms with Crippen molar-refractivity contribution in [2.24, 2.45) is 0 Å². The fourth-order valence-corrected chi connectivity index (χ4v) is 4.57. The van der Waals surface area contributed by atoms with Crippen LogP contribution in [0.15, 0.2) is 58.0 Å². The van der Waals surface area contributed by atoms with Crippen molar-refractivity contribution in [2.45, 2.75) is 23.9 Å². The highest BCUT2D eigenvalue weighted by Crippen LogP contribution is 2.38. The van der Waals surface area contributed by atoms with Crippen LogP contribution >= 0.6 is 11.8 Å². The van der Waals surface area contributed by atoms with Crippen molar-refractivity contribution in [2.75, 3.05) is 12.8 Å². The maximum Gasteiger partial charge on any atom is 0.416 e. The zero-order chi connectivity index (χ0) is 26.7. The highest BCUT2D eigenvalue weighted by Gasteiger charge is 2.30. The molecule has 4 rings (SSSR count). The minimum Gasteiger partial charge on any atom is -0.497 e. The van der Waals surface area contributed by atoms with Crippen LogP contribution in [-0.4, -0.2) is 17.1 Å². The van der Waals surface area contributed by atoms with Crippen molar-refractivity contribution >= 4 is 17.6 Å². The first kappa shape index (κ1) is 25.6. The Labute approximate surface area is 214 Å². The number of ether oxygens (including phenoxy) is 1. The van der Waals surface area contributed by atoms with E-state index in [1.165, 1.54) is 31.0 Å². The Kier molecular flexibility index (Phi) is 7.09. The Morgan fingerprint density at radius 3 is 2.16 bits per heavy atom. The number of hydrogen-bond donors (Lipinski definition) is 1. The summed E-state index contributed by atoms with van der Waals surface area (Å²) in [5.74, 6) is 1.48. The molecule has 0 spiro atoms. The molecule has 0 bridgehead atoms. The average molecular weight is 522 g/mol. The minimum atomic E-state index is -4.44. The van der Waals surface area contributed by atoms with Crippen LogP contribution in [0.1, 0.15) is 28.1 Å². The number of nitrogen functional groups attached to an aromatic ring is 1. The van der Waals surface area contributed by atoms with Crippen LogP contribution in [0.4, 0.5) is 19.0 Å². The summed E-state index contributed by atoms with van der Waals surface area (Å²) < 4.78 is 49.4. The van der Waals surface area contributed by atoms with Crippen LogP contribution in [0.5, 0.6) is 5.75 Å². The van der Waals surface area contributed by atoms with Crippen molar-refractivity contribution < 1.29 is 22.3 Å². The van der Waals surface area contributed by atoms with E-state index in [2.05, 4.69) is 16.0 Å². The molecule has 0 unspecified atom stereocenters. The van der Waals surface area contributed by atoms with E-state index >= 15 is 0 Å². The van der Waals surface area contributed by atoms with Crippen molar-refractivity contribution in [3.05, 3.63) is 76.7 Å². The highest BCUT2D eigenvalue weighted by molar-refractivity contribution is 7.98. The molecule has 0 fully saturated rings. The SMILES string of the molecule is COc1ccc(-c2c(C#N)c(N)nc(SCc3nc(-c4ccc(C(F)(F)F)cc4)oc3C)c2C#N)cc1. The summed E-state index contributed by atoms with van der Waals surface area (Å²) in [5, 5.41) is 20.0. The maximum atomic E-state index is 12.9. The van der Waals surface area contributed by atoms with E-state index < -0.39 is 11.7 Å². The second-order valence-corrected chi connectivity index (χ2v) is 8.73. The molecule has 0 radical (unpaired) electrons. The first-order valence-corrected chi connectivity index (χ1v) is 11.7. The van der Waals surface area contributed by atoms with E-state index in [-0.39, 0.29) is 28.6 Å². The van der Waals surface area contributed by atoms with E-state index in [0.29, 0.717) is 38.9 Å². The first-order chi connectivity index (χ1) is 17.7. The number of nitrogens with two attached hydrogens (primary N) is 1. The molecule has 0 aliphatic rings. The minimum absolute atomic E-state index is 0.0165. The largest absolute Gasteiger partial charge is 0.497 e. The molecule has 0 aliphatic heterocycles. The zero-order valence-corrected chi connectivity index (χ0v) is 20.4. The lowest BCUT2D eigenvalue weighted by Gasteiger charge is -2.13. The molecule has 0 aliphatic carbocycles. The molecule has 2 heterocycles. The van der Waals surface area contributed by atoms with E-state index in [0.717, 1.165) is 12.1 Å². The molecule has 0 amide bonds. The predicted octanol–water partition coefficient (Wildman–Crippen LogP) is 6.36. The van der Waals surface area contributed by atoms with Gasteiger partial charge >= 0.3 is 6.18 Å². The average Bonchev–Trinajstić information content (AvgIpc) is 3.26. The quantitative estimate of drug-likeness (QED) is 0.291. The van der Waals surface area contributed by atoms with E-state index in [4.69, 9.17) is 14.9 Å². The zero-order valence-electron chi connectivity index (χ0n) is 19.6. The molecule has 186 valence electrons. The third-order valence-corrected chi connectivity index (χ3v) is 6.48. The number of nitriles is 2. The molecular formula is C26H18F3N5O2S. The number of thioether (sulfide) groups is 1. The van der Waals surface area contributed by atoms with Gasteiger partial charge in [-0.3, -0.25) is 0 Å². The number of aromatic nitrogens is 2. The lowest BCUT2D eigenvalue weighted by Crippen LogP contribution is -2.04. The summed E-state index contributed by atoms with van der Waals surface area (Å²) in [5.41, 5.74) is 7.48. The van der Waals surface area contributed by atoms with E-state index in [1.54, 1.807) is 31.2 Å². The second-order valence-electron chi connectivity index (χ2n) is 7.76. The fraction of sp³-hybridized carbons (Fsp3) is 0.154. The van der Waals surface area contributed by atoms with Gasteiger partial charge in [-0.2, -0.15) is 23.7 Å². The molecule has 11 heteroatoms. The number of oxazole rings is 1. The van der Waals surface area contributed by atoms with Gasteiger partial charge in [0, 0.05) is 16.9 Å². The van der Waals surface area contributed by atoms with Crippen LogP contribution < -0.4 is 10.5 Å². The number of aryl methyl sites for hydroxylation is 1. The number of benzene rings is 2. The lowest BCUT2D eigenvalue weighted by atomic mass is 9.97. The van der Waals surface area contributed by atoms with Gasteiger partial charge in [0.2, 0.25) is 5.89 Å². The van der Waals surface area contributed by atoms with Crippen LogP contribution in [0.2, 0.25) is 0 Å². The van der Waals surface area contributed by atoms with Crippen molar-refractivity contribution in [1.29, 1.82) is 10.5 Å². The predicted molar refractivity (Wildman–Crippen MR) is 131 cm³/mol. The van der Waals surface area contributed by atoms with Crippen LogP contribution in [-0.2, 0) is 11.9 Å². The number of nitrogens with zero attached hydrogens (tertiary/aromatic N) is 4. The van der Waals surface area contributed by atoms with Crippen molar-refractivity contribution in [3.63, 3.8) is 0 Å². The monoisotopic (exact) mass is 521 g/mol. The Hall–Kier alpha value is -4.48. The molecule has 0 atom stereocenters. The molecule has 2 aromatic heterocycles. The fourth-order valence-electron chi connectivity index (χ4n) is 3.57. The van der Waals surface area contributed by atoms with Gasteiger partial charge in [0.05, 0.1) is 23.9 Å². The molecule has 7 nitrogen and oxygen atoms in total. The summed E-state index contributed by atoms with van der Waals surface area (Å²) >= 11 is 1.18. The Bertz CT molecular complexity index is 1530. The molecule has 4 aromatic rings. The Morgan fingerprint density at radius 1 is 0.973 bits per heavy atom. The summed E-state index contributed by atoms with van der Waals surface area (Å²) in [7, 11) is 1.53. The van der Waals surface area contributed by atoms with Crippen LogP contribution in [0, 0.1) is 29.6 Å². The molecule has 2 N–H and O–H groups in total. The summed E-state index contributed by atoms with van der Waals surface area (Å²) in [4.78, 5) is 8.70. The first-order valence-electron chi connectivity index (χ1n) is 10.7. The second kappa shape index (κ2) is 10.2. The van der Waals surface area contributed by atoms with Gasteiger partial charge in [0.25, 0.3) is 0 Å². The highest BCUT2D eigenvalue weighted by atomic mass is 32.2. The normalized spacial score (nSPS) is 11.1. The van der Waals surface area contributed by atoms with Gasteiger partial charge in [-0.05, 0) is 48.9 Å². The smallest absolute Gasteiger partial charge is 0.416 e. The Morgan fingerprint density at radius 2 is 1.59 bits per heavy atom. The molecule has 0 saturated carbocycles. The Balaban J connectivity index is 1.65. The number of hydrogen-bond acceptors (Lipinski definition) is 8. The van der Waals surface area contributed by atoms with Gasteiger partial charge < -0.3 is 14.9 Å². The van der Waals surface area contributed by atoms with Gasteiger partial charge in [-0.25, -0.2) is 9.97 Å². The molecule has 2 aromatic carbocycles. The third kappa shape index (κ3) is 5.22. The van der Waals surface area contributed by atoms with Gasteiger partial charge in [0.15, 0.2) is 0 Å². The van der Waals surface area contributed by atoms with Crippen LogP contribution in [0.3, 0.4) is 0 Å². The third-order valence-electron chi connectivity index (χ3n) is 5.49. The van der Waals surface area contributed by atoms with Gasteiger partial charge in [-0.1, -0.05) is 23.9 Å². The summed E-state index contributed by atoms with van der Waals surface area (Å²) in [6, 6.07) is 15.6. The lowest BCUT2D eigenvalue weighted by molar-refractivity contribution is -0.137. The van der Waals surface area contributed by atoms with E-state index in [1.807, 2.05) is 6.07 Å². The van der Waals surface area contributed by atoms with E-state index in [9.17, 15) is 23.7 Å². The molecule has 0 saturated heterocycles. The van der Waals surface area contributed by atoms with Crippen molar-refractivity contribution in [1.82, 2.24) is 9.97 Å². The topological polar surface area (TPSA) is 122 Å². The number of halogens is 3. The van der Waals surface area contributed by atoms with Gasteiger partial charge in [-0.15, -0.1) is 0 Å². The summed E-state index contributed by atoms with van der Waals surface area (Å²) in [6.07, 6.45) is -4.44. The van der Waals surface area contributed by atoms with Crippen molar-refractivity contribution in [3.8, 4) is 40.5 Å². The number of rotatable bonds is 6. The number of pyridine rings is 1. The number of alkyl halides is 3. The van der Waals surface area contributed by atoms with Gasteiger partial charge in [0.1, 0.15) is 40.1 Å². The number of anilines is 1. The standard InChI is InChI=1S/C26H18F3N5O2S/c1-14-21(33-24(36-14)16-3-7-17(8-4-16)26(27,28)29)13-37-25-20(12-31)22(19(11-30)23(32)34-25)15-5-9-18(35-2)10-6-15/h3-10H,13H2,1-2H3,(H2,32,34). The molecular weight excluding hydrogens is 503 g/mol. The van der Waals surface area contributed by atoms with Crippen LogP contribution in [0.25, 0.3) is 22.6 Å². The summed E-state index contributed by atoms with van der Waals surface area (Å²) in [6.45, 7) is 1.69.